The van der Waals surface area contributed by atoms with Crippen LogP contribution in [0.1, 0.15) is 5.56 Å². The fourth-order valence-corrected chi connectivity index (χ4v) is 1.65. The van der Waals surface area contributed by atoms with E-state index in [2.05, 4.69) is 5.32 Å². The molecule has 0 amide bonds. The molecule has 1 N–H and O–H groups in total. The molecule has 0 fully saturated rings. The third-order valence-electron chi connectivity index (χ3n) is 2.48. The van der Waals surface area contributed by atoms with Crippen molar-refractivity contribution in [1.29, 1.82) is 0 Å². The number of nitrogens with zero attached hydrogens (tertiary/aromatic N) is 2. The van der Waals surface area contributed by atoms with Crippen molar-refractivity contribution >= 4 is 11.4 Å². The van der Waals surface area contributed by atoms with Crippen LogP contribution in [0, 0.1) is 15.9 Å². The Morgan fingerprint density at radius 3 is 2.83 bits per heavy atom. The van der Waals surface area contributed by atoms with Crippen LogP contribution in [-0.2, 0) is 13.6 Å². The summed E-state index contributed by atoms with van der Waals surface area (Å²) in [5, 5.41) is 13.5. The van der Waals surface area contributed by atoms with Gasteiger partial charge in [-0.05, 0) is 17.7 Å². The SMILES string of the molecule is Cn1ccc(CNc2cc(F)cc([N+](=O)[O-])c2)c1. The summed E-state index contributed by atoms with van der Waals surface area (Å²) in [6, 6.07) is 5.36. The lowest BCUT2D eigenvalue weighted by molar-refractivity contribution is -0.385. The van der Waals surface area contributed by atoms with Gasteiger partial charge in [-0.15, -0.1) is 0 Å². The molecule has 1 aromatic heterocycles. The van der Waals surface area contributed by atoms with Crippen LogP contribution in [0.15, 0.2) is 36.7 Å². The van der Waals surface area contributed by atoms with Gasteiger partial charge < -0.3 is 9.88 Å². The third kappa shape index (κ3) is 2.85. The summed E-state index contributed by atoms with van der Waals surface area (Å²) >= 11 is 0. The largest absolute Gasteiger partial charge is 0.381 e. The van der Waals surface area contributed by atoms with E-state index in [0.29, 0.717) is 12.2 Å². The van der Waals surface area contributed by atoms with Crippen molar-refractivity contribution in [2.45, 2.75) is 6.54 Å². The van der Waals surface area contributed by atoms with Crippen LogP contribution < -0.4 is 5.32 Å². The molecule has 2 rings (SSSR count). The highest BCUT2D eigenvalue weighted by atomic mass is 19.1. The molecule has 0 saturated heterocycles. The quantitative estimate of drug-likeness (QED) is 0.669. The number of aromatic nitrogens is 1. The van der Waals surface area contributed by atoms with Gasteiger partial charge in [0.1, 0.15) is 5.82 Å². The number of rotatable bonds is 4. The highest BCUT2D eigenvalue weighted by molar-refractivity contribution is 5.51. The minimum Gasteiger partial charge on any atom is -0.381 e. The molecule has 18 heavy (non-hydrogen) atoms. The zero-order chi connectivity index (χ0) is 13.1. The van der Waals surface area contributed by atoms with Crippen LogP contribution in [-0.4, -0.2) is 9.49 Å². The van der Waals surface area contributed by atoms with Crippen LogP contribution in [0.25, 0.3) is 0 Å². The van der Waals surface area contributed by atoms with Gasteiger partial charge in [0.15, 0.2) is 0 Å². The van der Waals surface area contributed by atoms with Crippen LogP contribution in [0.4, 0.5) is 15.8 Å². The minimum absolute atomic E-state index is 0.259. The maximum atomic E-state index is 13.2. The van der Waals surface area contributed by atoms with Crippen molar-refractivity contribution in [3.8, 4) is 0 Å². The Labute approximate surface area is 103 Å². The molecule has 0 atom stereocenters. The topological polar surface area (TPSA) is 60.1 Å². The first kappa shape index (κ1) is 12.1. The lowest BCUT2D eigenvalue weighted by Gasteiger charge is -2.05. The maximum absolute atomic E-state index is 13.2. The van der Waals surface area contributed by atoms with E-state index in [-0.39, 0.29) is 5.69 Å². The maximum Gasteiger partial charge on any atom is 0.274 e. The van der Waals surface area contributed by atoms with Gasteiger partial charge in [-0.3, -0.25) is 10.1 Å². The van der Waals surface area contributed by atoms with Gasteiger partial charge in [0.05, 0.1) is 11.0 Å². The predicted molar refractivity (Wildman–Crippen MR) is 65.8 cm³/mol. The molecule has 0 radical (unpaired) electrons. The normalized spacial score (nSPS) is 10.3. The first-order valence-electron chi connectivity index (χ1n) is 5.34. The molecule has 0 aliphatic heterocycles. The second kappa shape index (κ2) is 4.87. The molecule has 0 unspecified atom stereocenters. The number of hydrogen-bond donors (Lipinski definition) is 1. The number of non-ortho nitro benzene ring substituents is 1. The standard InChI is InChI=1S/C12H12FN3O2/c1-15-3-2-9(8-15)7-14-11-4-10(13)5-12(6-11)16(17)18/h2-6,8,14H,7H2,1H3. The van der Waals surface area contributed by atoms with Gasteiger partial charge in [-0.2, -0.15) is 0 Å². The molecule has 1 heterocycles. The molecular formula is C12H12FN3O2. The van der Waals surface area contributed by atoms with Crippen LogP contribution >= 0.6 is 0 Å². The van der Waals surface area contributed by atoms with Crippen LogP contribution in [0.2, 0.25) is 0 Å². The number of aryl methyl sites for hydroxylation is 1. The van der Waals surface area contributed by atoms with Crippen molar-refractivity contribution in [2.24, 2.45) is 7.05 Å². The summed E-state index contributed by atoms with van der Waals surface area (Å²) in [6.07, 6.45) is 3.81. The summed E-state index contributed by atoms with van der Waals surface area (Å²) in [4.78, 5) is 9.98. The highest BCUT2D eigenvalue weighted by Gasteiger charge is 2.09. The number of nitro groups is 1. The second-order valence-corrected chi connectivity index (χ2v) is 3.99. The molecule has 2 aromatic rings. The van der Waals surface area contributed by atoms with Crippen molar-refractivity contribution in [2.75, 3.05) is 5.32 Å². The molecule has 6 heteroatoms. The predicted octanol–water partition coefficient (Wildman–Crippen LogP) is 2.68. The van der Waals surface area contributed by atoms with E-state index in [1.807, 2.05) is 30.1 Å². The van der Waals surface area contributed by atoms with Crippen molar-refractivity contribution in [3.05, 3.63) is 58.2 Å². The highest BCUT2D eigenvalue weighted by Crippen LogP contribution is 2.20. The Hall–Kier alpha value is -2.37. The van der Waals surface area contributed by atoms with Crippen molar-refractivity contribution in [3.63, 3.8) is 0 Å². The van der Waals surface area contributed by atoms with Gasteiger partial charge in [-0.1, -0.05) is 0 Å². The Kier molecular flexibility index (Phi) is 3.27. The van der Waals surface area contributed by atoms with Gasteiger partial charge >= 0.3 is 0 Å². The summed E-state index contributed by atoms with van der Waals surface area (Å²) in [6.45, 7) is 0.488. The Balaban J connectivity index is 2.11. The van der Waals surface area contributed by atoms with E-state index >= 15 is 0 Å². The molecular weight excluding hydrogens is 237 g/mol. The average molecular weight is 249 g/mol. The molecule has 1 aromatic carbocycles. The zero-order valence-electron chi connectivity index (χ0n) is 9.76. The van der Waals surface area contributed by atoms with Crippen molar-refractivity contribution < 1.29 is 9.31 Å². The molecule has 0 aliphatic carbocycles. The van der Waals surface area contributed by atoms with E-state index in [0.717, 1.165) is 11.6 Å². The fraction of sp³-hybridized carbons (Fsp3) is 0.167. The average Bonchev–Trinajstić information content (AvgIpc) is 2.72. The van der Waals surface area contributed by atoms with E-state index < -0.39 is 10.7 Å². The summed E-state index contributed by atoms with van der Waals surface area (Å²) in [5.41, 5.74) is 1.15. The van der Waals surface area contributed by atoms with Gasteiger partial charge in [-0.25, -0.2) is 4.39 Å². The Morgan fingerprint density at radius 1 is 1.44 bits per heavy atom. The molecule has 5 nitrogen and oxygen atoms in total. The zero-order valence-corrected chi connectivity index (χ0v) is 9.76. The number of anilines is 1. The Morgan fingerprint density at radius 2 is 2.22 bits per heavy atom. The number of benzene rings is 1. The van der Waals surface area contributed by atoms with Gasteiger partial charge in [0.2, 0.25) is 0 Å². The van der Waals surface area contributed by atoms with E-state index in [9.17, 15) is 14.5 Å². The molecule has 0 saturated carbocycles. The number of hydrogen-bond acceptors (Lipinski definition) is 3. The third-order valence-corrected chi connectivity index (χ3v) is 2.48. The molecule has 0 bridgehead atoms. The lowest BCUT2D eigenvalue weighted by Crippen LogP contribution is -2.00. The Bertz CT molecular complexity index is 580. The van der Waals surface area contributed by atoms with Crippen molar-refractivity contribution in [1.82, 2.24) is 4.57 Å². The smallest absolute Gasteiger partial charge is 0.274 e. The van der Waals surface area contributed by atoms with E-state index in [1.54, 1.807) is 0 Å². The van der Waals surface area contributed by atoms with Crippen LogP contribution in [0.3, 0.4) is 0 Å². The molecule has 94 valence electrons. The number of halogens is 1. The van der Waals surface area contributed by atoms with Gasteiger partial charge in [0.25, 0.3) is 5.69 Å². The fourth-order valence-electron chi connectivity index (χ4n) is 1.65. The monoisotopic (exact) mass is 249 g/mol. The summed E-state index contributed by atoms with van der Waals surface area (Å²) < 4.78 is 15.1. The lowest BCUT2D eigenvalue weighted by atomic mass is 10.2. The van der Waals surface area contributed by atoms with Gasteiger partial charge in [0, 0.05) is 37.7 Å². The van der Waals surface area contributed by atoms with Crippen LogP contribution in [0.5, 0.6) is 0 Å². The summed E-state index contributed by atoms with van der Waals surface area (Å²) in [7, 11) is 1.90. The van der Waals surface area contributed by atoms with E-state index in [1.165, 1.54) is 12.1 Å². The van der Waals surface area contributed by atoms with E-state index in [4.69, 9.17) is 0 Å². The molecule has 0 spiro atoms. The number of nitro benzene ring substituents is 1. The second-order valence-electron chi connectivity index (χ2n) is 3.99. The number of nitrogens with one attached hydrogen (secondary N) is 1. The first-order valence-corrected chi connectivity index (χ1v) is 5.34. The first-order chi connectivity index (χ1) is 8.54. The molecule has 0 aliphatic rings. The minimum atomic E-state index is -0.625. The summed E-state index contributed by atoms with van der Waals surface area (Å²) in [5.74, 6) is -0.625.